The van der Waals surface area contributed by atoms with Gasteiger partial charge in [0.15, 0.2) is 0 Å². The minimum atomic E-state index is 0. The van der Waals surface area contributed by atoms with E-state index in [9.17, 15) is 0 Å². The summed E-state index contributed by atoms with van der Waals surface area (Å²) in [5.41, 5.74) is 0. The fraction of sp³-hybridized carbons (Fsp3) is 0. The van der Waals surface area contributed by atoms with Crippen LogP contribution in [-0.4, -0.2) is 72.9 Å². The van der Waals surface area contributed by atoms with Crippen molar-refractivity contribution in [2.24, 2.45) is 0 Å². The largest absolute Gasteiger partial charge is 0.0149 e. The summed E-state index contributed by atoms with van der Waals surface area (Å²) >= 11 is 0. The maximum atomic E-state index is 0. The molecule has 0 aromatic carbocycles. The smallest absolute Gasteiger partial charge is 0.0149 e. The van der Waals surface area contributed by atoms with E-state index in [-0.39, 0.29) is 72.9 Å². The minimum absolute atomic E-state index is 0. The SMILES string of the molecule is [B].[BiH3].[PbH2].[SiH4]. The Morgan fingerprint density at radius 1 is 1.00 bits per heavy atom. The third-order valence-corrected chi connectivity index (χ3v) is 0. The van der Waals surface area contributed by atoms with Gasteiger partial charge in [-0.15, -0.1) is 0 Å². The first-order valence-corrected chi connectivity index (χ1v) is 0. The molecule has 4 heteroatoms. The van der Waals surface area contributed by atoms with Gasteiger partial charge in [-0.05, 0) is 11.0 Å². The molecule has 0 aromatic heterocycles. The zero-order valence-electron chi connectivity index (χ0n) is 1.99. The molecule has 0 nitrogen and oxygen atoms in total. The molecule has 25 valence electrons. The van der Waals surface area contributed by atoms with E-state index in [0.29, 0.717) is 0 Å². The van der Waals surface area contributed by atoms with Gasteiger partial charge in [-0.3, -0.25) is 0 Å². The summed E-state index contributed by atoms with van der Waals surface area (Å²) < 4.78 is 0. The predicted molar refractivity (Wildman–Crippen MR) is 35.6 cm³/mol. The standard InChI is InChI=1S/B.Bi.Pb.H4Si.5H/h;;;1H4;;;;;. The van der Waals surface area contributed by atoms with Gasteiger partial charge in [0.25, 0.3) is 0 Å². The first kappa shape index (κ1) is 36.2. The fourth-order valence-corrected chi connectivity index (χ4v) is 0. The molecule has 0 fully saturated rings. The third kappa shape index (κ3) is 8.94. The monoisotopic (exact) mass is 465 g/mol. The second-order valence-corrected chi connectivity index (χ2v) is 0. The van der Waals surface area contributed by atoms with Gasteiger partial charge in [-0.2, -0.15) is 0 Å². The predicted octanol–water partition coefficient (Wildman–Crippen LogP) is -3.93. The minimum Gasteiger partial charge on any atom is -0.0149 e. The third-order valence-electron chi connectivity index (χ3n) is 0. The Labute approximate surface area is 72.0 Å². The molecule has 0 atom stereocenters. The zero-order chi connectivity index (χ0) is 0. The molecular weight excluding hydrogens is 455 g/mol. The molecule has 0 N–H and O–H groups in total. The van der Waals surface area contributed by atoms with E-state index in [1.54, 1.807) is 0 Å². The molecule has 0 saturated heterocycles. The molecule has 0 saturated carbocycles. The quantitative estimate of drug-likeness (QED) is 0.322. The Balaban J connectivity index is 0. The van der Waals surface area contributed by atoms with Crippen LogP contribution in [0.4, 0.5) is 0 Å². The Hall–Kier alpha value is 2.09. The van der Waals surface area contributed by atoms with E-state index in [4.69, 9.17) is 0 Å². The molecule has 0 amide bonds. The van der Waals surface area contributed by atoms with E-state index < -0.39 is 0 Å². The van der Waals surface area contributed by atoms with Crippen molar-refractivity contribution in [1.82, 2.24) is 0 Å². The average Bonchev–Trinajstić information content (AvgIpc) is 0. The van der Waals surface area contributed by atoms with E-state index >= 15 is 0 Å². The van der Waals surface area contributed by atoms with Gasteiger partial charge >= 0.3 is 53.5 Å². The first-order valence-electron chi connectivity index (χ1n) is 0. The van der Waals surface area contributed by atoms with Crippen LogP contribution in [0.5, 0.6) is 0 Å². The first-order chi connectivity index (χ1) is 0. The Kier molecular flexibility index (Phi) is 176. The van der Waals surface area contributed by atoms with Crippen molar-refractivity contribution in [3.05, 3.63) is 0 Å². The van der Waals surface area contributed by atoms with Crippen LogP contribution in [0, 0.1) is 0 Å². The van der Waals surface area contributed by atoms with Gasteiger partial charge in [0.05, 0.1) is 0 Å². The van der Waals surface area contributed by atoms with Crippen LogP contribution in [0.25, 0.3) is 0 Å². The maximum absolute atomic E-state index is 0. The summed E-state index contributed by atoms with van der Waals surface area (Å²) in [4.78, 5) is 0. The van der Waals surface area contributed by atoms with Gasteiger partial charge < -0.3 is 0 Å². The van der Waals surface area contributed by atoms with Gasteiger partial charge in [0.2, 0.25) is 0 Å². The molecule has 5 radical (unpaired) electrons. The van der Waals surface area contributed by atoms with Crippen LogP contribution in [0.15, 0.2) is 0 Å². The van der Waals surface area contributed by atoms with Crippen molar-refractivity contribution in [1.29, 1.82) is 0 Å². The summed E-state index contributed by atoms with van der Waals surface area (Å²) in [6, 6.07) is 0. The second-order valence-electron chi connectivity index (χ2n) is 0. The van der Waals surface area contributed by atoms with Crippen molar-refractivity contribution in [3.63, 3.8) is 0 Å². The molecule has 0 unspecified atom stereocenters. The number of hydrogen-bond donors (Lipinski definition) is 0. The topological polar surface area (TPSA) is 0 Å². The van der Waals surface area contributed by atoms with Gasteiger partial charge in [-0.25, -0.2) is 0 Å². The van der Waals surface area contributed by atoms with Crippen LogP contribution >= 0.6 is 0 Å². The van der Waals surface area contributed by atoms with Crippen molar-refractivity contribution in [2.75, 3.05) is 0 Å². The Bertz CT molecular complexity index is 8.00. The summed E-state index contributed by atoms with van der Waals surface area (Å²) in [6.07, 6.45) is 0. The van der Waals surface area contributed by atoms with Crippen molar-refractivity contribution in [3.8, 4) is 0 Å². The molecular formula is H9BBiPbSi. The second kappa shape index (κ2) is 19.5. The molecule has 0 rings (SSSR count). The van der Waals surface area contributed by atoms with Crippen LogP contribution in [0.2, 0.25) is 0 Å². The van der Waals surface area contributed by atoms with Crippen LogP contribution < -0.4 is 0 Å². The molecule has 4 heavy (non-hydrogen) atoms. The molecule has 0 aliphatic heterocycles. The Morgan fingerprint density at radius 3 is 1.00 bits per heavy atom. The van der Waals surface area contributed by atoms with Crippen LogP contribution in [0.1, 0.15) is 0 Å². The van der Waals surface area contributed by atoms with Crippen molar-refractivity contribution in [2.45, 2.75) is 0 Å². The maximum Gasteiger partial charge on any atom is -0.0149 e. The van der Waals surface area contributed by atoms with Crippen LogP contribution in [0.3, 0.4) is 0 Å². The molecule has 0 aliphatic carbocycles. The molecule has 0 spiro atoms. The normalized spacial score (nSPS) is 0. The summed E-state index contributed by atoms with van der Waals surface area (Å²) in [7, 11) is 0. The molecule has 0 heterocycles. The molecule has 0 aromatic rings. The van der Waals surface area contributed by atoms with E-state index in [1.807, 2.05) is 0 Å². The van der Waals surface area contributed by atoms with E-state index in [1.165, 1.54) is 0 Å². The van der Waals surface area contributed by atoms with Crippen molar-refractivity contribution >= 4 is 72.9 Å². The van der Waals surface area contributed by atoms with Gasteiger partial charge in [0.1, 0.15) is 0 Å². The molecule has 0 bridgehead atoms. The number of rotatable bonds is 0. The van der Waals surface area contributed by atoms with Gasteiger partial charge in [0, 0.05) is 8.41 Å². The number of hydrogen-bond acceptors (Lipinski definition) is 0. The van der Waals surface area contributed by atoms with E-state index in [2.05, 4.69) is 0 Å². The van der Waals surface area contributed by atoms with Crippen molar-refractivity contribution < 1.29 is 0 Å². The Morgan fingerprint density at radius 2 is 1.00 bits per heavy atom. The van der Waals surface area contributed by atoms with Gasteiger partial charge in [-0.1, -0.05) is 0 Å². The summed E-state index contributed by atoms with van der Waals surface area (Å²) in [6.45, 7) is 0. The summed E-state index contributed by atoms with van der Waals surface area (Å²) in [5.74, 6) is 0. The zero-order valence-corrected chi connectivity index (χ0v) is 13.0. The summed E-state index contributed by atoms with van der Waals surface area (Å²) in [5, 5.41) is 0. The molecule has 0 aliphatic rings. The van der Waals surface area contributed by atoms with E-state index in [0.717, 1.165) is 0 Å². The van der Waals surface area contributed by atoms with Crippen LogP contribution in [-0.2, 0) is 0 Å². The fourth-order valence-electron chi connectivity index (χ4n) is 0. The average molecular weight is 464 g/mol.